The normalized spacial score (nSPS) is 15.2. The average molecular weight is 382 g/mol. The third-order valence-electron chi connectivity index (χ3n) is 4.55. The molecule has 1 aromatic heterocycles. The van der Waals surface area contributed by atoms with Gasteiger partial charge in [0.25, 0.3) is 0 Å². The molecular formula is C21H26N4O3. The first kappa shape index (κ1) is 19.7. The molecule has 0 saturated carbocycles. The molecule has 0 aliphatic carbocycles. The van der Waals surface area contributed by atoms with Gasteiger partial charge in [-0.05, 0) is 58.2 Å². The molecule has 0 atom stereocenters. The number of nitrogens with zero attached hydrogens (tertiary/aromatic N) is 4. The van der Waals surface area contributed by atoms with Gasteiger partial charge >= 0.3 is 6.09 Å². The minimum absolute atomic E-state index is 0.199. The molecule has 2 heterocycles. The van der Waals surface area contributed by atoms with Gasteiger partial charge in [-0.2, -0.15) is 10.4 Å². The molecule has 7 nitrogen and oxygen atoms in total. The van der Waals surface area contributed by atoms with E-state index in [9.17, 15) is 10.1 Å². The van der Waals surface area contributed by atoms with Crippen LogP contribution in [0.2, 0.25) is 0 Å². The van der Waals surface area contributed by atoms with Crippen LogP contribution in [0.5, 0.6) is 11.5 Å². The van der Waals surface area contributed by atoms with Crippen molar-refractivity contribution in [3.05, 3.63) is 41.7 Å². The fourth-order valence-electron chi connectivity index (χ4n) is 3.16. The molecular weight excluding hydrogens is 356 g/mol. The Bertz CT molecular complexity index is 884. The summed E-state index contributed by atoms with van der Waals surface area (Å²) in [6.07, 6.45) is 4.83. The van der Waals surface area contributed by atoms with E-state index >= 15 is 0 Å². The molecule has 1 saturated heterocycles. The fourth-order valence-corrected chi connectivity index (χ4v) is 3.16. The van der Waals surface area contributed by atoms with Crippen molar-refractivity contribution in [2.45, 2.75) is 52.2 Å². The maximum atomic E-state index is 12.2. The molecule has 0 bridgehead atoms. The minimum Gasteiger partial charge on any atom is -0.453 e. The predicted octanol–water partition coefficient (Wildman–Crippen LogP) is 4.43. The van der Waals surface area contributed by atoms with Crippen molar-refractivity contribution in [2.75, 3.05) is 13.1 Å². The summed E-state index contributed by atoms with van der Waals surface area (Å²) in [5.41, 5.74) is 1.02. The Morgan fingerprint density at radius 1 is 1.29 bits per heavy atom. The second-order valence-corrected chi connectivity index (χ2v) is 8.07. The number of amides is 1. The van der Waals surface area contributed by atoms with E-state index in [4.69, 9.17) is 9.47 Å². The van der Waals surface area contributed by atoms with Crippen molar-refractivity contribution in [1.29, 1.82) is 5.26 Å². The van der Waals surface area contributed by atoms with E-state index in [-0.39, 0.29) is 12.1 Å². The molecule has 1 aliphatic heterocycles. The van der Waals surface area contributed by atoms with Gasteiger partial charge in [0, 0.05) is 13.1 Å². The molecule has 0 radical (unpaired) electrons. The number of hydrogen-bond acceptors (Lipinski definition) is 5. The zero-order valence-electron chi connectivity index (χ0n) is 16.8. The first-order valence-electron chi connectivity index (χ1n) is 9.46. The number of aromatic nitrogens is 2. The van der Waals surface area contributed by atoms with Crippen LogP contribution in [0.15, 0.2) is 30.6 Å². The van der Waals surface area contributed by atoms with Crippen molar-refractivity contribution >= 4 is 6.09 Å². The van der Waals surface area contributed by atoms with Crippen LogP contribution in [0.1, 0.15) is 50.8 Å². The lowest BCUT2D eigenvalue weighted by Gasteiger charge is -2.33. The van der Waals surface area contributed by atoms with Crippen LogP contribution < -0.4 is 4.74 Å². The summed E-state index contributed by atoms with van der Waals surface area (Å²) in [7, 11) is 0. The molecule has 0 spiro atoms. The molecule has 148 valence electrons. The van der Waals surface area contributed by atoms with Crippen molar-refractivity contribution in [2.24, 2.45) is 0 Å². The fraction of sp³-hybridized carbons (Fsp3) is 0.476. The molecule has 1 aromatic carbocycles. The minimum atomic E-state index is -0.486. The third-order valence-corrected chi connectivity index (χ3v) is 4.55. The maximum absolute atomic E-state index is 12.2. The Hall–Kier alpha value is -3.01. The Balaban J connectivity index is 1.60. The lowest BCUT2D eigenvalue weighted by molar-refractivity contribution is 0.0184. The highest BCUT2D eigenvalue weighted by molar-refractivity contribution is 5.68. The van der Waals surface area contributed by atoms with Gasteiger partial charge in [-0.15, -0.1) is 0 Å². The maximum Gasteiger partial charge on any atom is 0.410 e. The SMILES string of the molecule is Cc1ccc(Oc2cnn(C3CCN(C(=O)OC(C)(C)C)CC3)c2)c(C#N)c1. The van der Waals surface area contributed by atoms with Crippen molar-refractivity contribution in [1.82, 2.24) is 14.7 Å². The number of ether oxygens (including phenoxy) is 2. The first-order valence-corrected chi connectivity index (χ1v) is 9.46. The van der Waals surface area contributed by atoms with Gasteiger partial charge in [0.15, 0.2) is 5.75 Å². The average Bonchev–Trinajstić information content (AvgIpc) is 3.10. The quantitative estimate of drug-likeness (QED) is 0.784. The number of piperidine rings is 1. The summed E-state index contributed by atoms with van der Waals surface area (Å²) in [5.74, 6) is 1.11. The largest absolute Gasteiger partial charge is 0.453 e. The van der Waals surface area contributed by atoms with Crippen molar-refractivity contribution in [3.63, 3.8) is 0 Å². The number of carbonyl (C=O) groups is 1. The van der Waals surface area contributed by atoms with Crippen molar-refractivity contribution in [3.8, 4) is 17.6 Å². The number of carbonyl (C=O) groups excluding carboxylic acids is 1. The predicted molar refractivity (Wildman–Crippen MR) is 104 cm³/mol. The summed E-state index contributed by atoms with van der Waals surface area (Å²) < 4.78 is 13.2. The monoisotopic (exact) mass is 382 g/mol. The van der Waals surface area contributed by atoms with E-state index < -0.39 is 5.60 Å². The number of likely N-dealkylation sites (tertiary alicyclic amines) is 1. The van der Waals surface area contributed by atoms with E-state index in [1.807, 2.05) is 44.6 Å². The summed E-state index contributed by atoms with van der Waals surface area (Å²) >= 11 is 0. The number of rotatable bonds is 3. The molecule has 1 fully saturated rings. The third kappa shape index (κ3) is 4.83. The molecule has 7 heteroatoms. The Labute approximate surface area is 165 Å². The standard InChI is InChI=1S/C21H26N4O3/c1-15-5-6-19(16(11-15)12-22)27-18-13-23-25(14-18)17-7-9-24(10-8-17)20(26)28-21(2,3)4/h5-6,11,13-14,17H,7-10H2,1-4H3. The molecule has 28 heavy (non-hydrogen) atoms. The molecule has 1 aliphatic rings. The lowest BCUT2D eigenvalue weighted by Crippen LogP contribution is -2.42. The van der Waals surface area contributed by atoms with Crippen molar-refractivity contribution < 1.29 is 14.3 Å². The molecule has 3 rings (SSSR count). The molecule has 2 aromatic rings. The Morgan fingerprint density at radius 3 is 2.64 bits per heavy atom. The van der Waals surface area contributed by atoms with E-state index in [1.165, 1.54) is 0 Å². The second-order valence-electron chi connectivity index (χ2n) is 8.07. The zero-order chi connectivity index (χ0) is 20.3. The topological polar surface area (TPSA) is 80.4 Å². The van der Waals surface area contributed by atoms with Crippen LogP contribution in [0.4, 0.5) is 4.79 Å². The van der Waals surface area contributed by atoms with Gasteiger partial charge in [0.2, 0.25) is 0 Å². The van der Waals surface area contributed by atoms with Crippen LogP contribution in [0.3, 0.4) is 0 Å². The van der Waals surface area contributed by atoms with Gasteiger partial charge in [-0.25, -0.2) is 4.79 Å². The van der Waals surface area contributed by atoms with Crippen LogP contribution in [0.25, 0.3) is 0 Å². The van der Waals surface area contributed by atoms with Gasteiger partial charge < -0.3 is 14.4 Å². The van der Waals surface area contributed by atoms with Gasteiger partial charge in [0.05, 0.1) is 24.0 Å². The summed E-state index contributed by atoms with van der Waals surface area (Å²) in [6.45, 7) is 8.81. The Kier molecular flexibility index (Phi) is 5.59. The van der Waals surface area contributed by atoms with Crippen LogP contribution in [-0.2, 0) is 4.74 Å². The van der Waals surface area contributed by atoms with E-state index in [0.29, 0.717) is 30.2 Å². The van der Waals surface area contributed by atoms with Crippen LogP contribution >= 0.6 is 0 Å². The lowest BCUT2D eigenvalue weighted by atomic mass is 10.1. The highest BCUT2D eigenvalue weighted by Gasteiger charge is 2.28. The highest BCUT2D eigenvalue weighted by Crippen LogP contribution is 2.28. The molecule has 0 unspecified atom stereocenters. The first-order chi connectivity index (χ1) is 13.2. The van der Waals surface area contributed by atoms with Crippen LogP contribution in [0, 0.1) is 18.3 Å². The number of hydrogen-bond donors (Lipinski definition) is 0. The van der Waals surface area contributed by atoms with Gasteiger partial charge in [0.1, 0.15) is 17.4 Å². The molecule has 1 amide bonds. The highest BCUT2D eigenvalue weighted by atomic mass is 16.6. The summed E-state index contributed by atoms with van der Waals surface area (Å²) in [4.78, 5) is 13.9. The number of benzene rings is 1. The number of aryl methyl sites for hydroxylation is 1. The van der Waals surface area contributed by atoms with Gasteiger partial charge in [-0.1, -0.05) is 6.07 Å². The van der Waals surface area contributed by atoms with Gasteiger partial charge in [-0.3, -0.25) is 4.68 Å². The second kappa shape index (κ2) is 7.93. The van der Waals surface area contributed by atoms with Crippen LogP contribution in [-0.4, -0.2) is 39.5 Å². The van der Waals surface area contributed by atoms with E-state index in [0.717, 1.165) is 18.4 Å². The summed E-state index contributed by atoms with van der Waals surface area (Å²) in [5, 5.41) is 13.7. The zero-order valence-corrected chi connectivity index (χ0v) is 16.8. The smallest absolute Gasteiger partial charge is 0.410 e. The van der Waals surface area contributed by atoms with E-state index in [2.05, 4.69) is 11.2 Å². The molecule has 0 N–H and O–H groups in total. The van der Waals surface area contributed by atoms with E-state index in [1.54, 1.807) is 23.2 Å². The Morgan fingerprint density at radius 2 is 2.00 bits per heavy atom. The number of nitriles is 1. The summed E-state index contributed by atoms with van der Waals surface area (Å²) in [6, 6.07) is 7.86.